The average molecular weight is 298 g/mol. The monoisotopic (exact) mass is 298 g/mol. The Kier molecular flexibility index (Phi) is 9.75. The van der Waals surface area contributed by atoms with Crippen LogP contribution >= 0.6 is 0 Å². The normalized spacial score (nSPS) is 10.0. The van der Waals surface area contributed by atoms with E-state index in [1.54, 1.807) is 48.5 Å². The highest BCUT2D eigenvalue weighted by Crippen LogP contribution is 2.26. The van der Waals surface area contributed by atoms with Crippen LogP contribution in [0, 0.1) is 0 Å². The SMILES string of the molecule is C=C.C=C.N.N.O=C1c2ccccc2C(=O)c2ccccc21. The molecule has 0 amide bonds. The van der Waals surface area contributed by atoms with Gasteiger partial charge in [0.25, 0.3) is 0 Å². The number of ketones is 2. The second kappa shape index (κ2) is 9.99. The summed E-state index contributed by atoms with van der Waals surface area (Å²) in [5.74, 6) is -0.128. The molecule has 4 nitrogen and oxygen atoms in total. The Balaban J connectivity index is 0. The van der Waals surface area contributed by atoms with Gasteiger partial charge in [-0.1, -0.05) is 48.5 Å². The molecule has 0 spiro atoms. The van der Waals surface area contributed by atoms with Crippen LogP contribution in [0.15, 0.2) is 74.8 Å². The van der Waals surface area contributed by atoms with Gasteiger partial charge in [0.2, 0.25) is 0 Å². The van der Waals surface area contributed by atoms with Gasteiger partial charge in [0, 0.05) is 22.3 Å². The molecule has 3 rings (SSSR count). The standard InChI is InChI=1S/C14H8O2.2C2H4.2H3N/c15-13-9-5-1-2-6-10(9)14(16)12-8-4-3-7-11(12)13;2*1-2;;/h1-8H;2*1-2H2;2*1H3. The molecule has 4 heteroatoms. The molecule has 2 aromatic rings. The fourth-order valence-corrected chi connectivity index (χ4v) is 2.05. The molecular formula is C18H22N2O2. The second-order valence-electron chi connectivity index (χ2n) is 3.75. The molecule has 0 heterocycles. The lowest BCUT2D eigenvalue weighted by atomic mass is 9.84. The maximum absolute atomic E-state index is 12.1. The smallest absolute Gasteiger partial charge is 0.194 e. The Bertz CT molecular complexity index is 544. The summed E-state index contributed by atoms with van der Waals surface area (Å²) in [5.41, 5.74) is 2.02. The minimum absolute atomic E-state index is 0. The molecule has 1 aliphatic rings. The minimum Gasteiger partial charge on any atom is -0.344 e. The first-order chi connectivity index (χ1) is 9.79. The van der Waals surface area contributed by atoms with Crippen LogP contribution in [0.1, 0.15) is 31.8 Å². The van der Waals surface area contributed by atoms with Crippen molar-refractivity contribution in [2.24, 2.45) is 0 Å². The third-order valence-electron chi connectivity index (χ3n) is 2.83. The molecule has 116 valence electrons. The number of rotatable bonds is 0. The third-order valence-corrected chi connectivity index (χ3v) is 2.83. The van der Waals surface area contributed by atoms with Gasteiger partial charge >= 0.3 is 0 Å². The van der Waals surface area contributed by atoms with E-state index in [0.29, 0.717) is 22.3 Å². The van der Waals surface area contributed by atoms with Crippen molar-refractivity contribution in [2.45, 2.75) is 0 Å². The molecule has 0 aliphatic heterocycles. The first kappa shape index (κ1) is 21.5. The first-order valence-electron chi connectivity index (χ1n) is 6.06. The van der Waals surface area contributed by atoms with Crippen molar-refractivity contribution >= 4 is 11.6 Å². The van der Waals surface area contributed by atoms with Gasteiger partial charge < -0.3 is 12.3 Å². The zero-order valence-electron chi connectivity index (χ0n) is 12.7. The highest BCUT2D eigenvalue weighted by molar-refractivity contribution is 6.28. The molecule has 0 fully saturated rings. The maximum atomic E-state index is 12.1. The summed E-state index contributed by atoms with van der Waals surface area (Å²) in [4.78, 5) is 24.2. The van der Waals surface area contributed by atoms with E-state index in [2.05, 4.69) is 26.3 Å². The van der Waals surface area contributed by atoms with E-state index < -0.39 is 0 Å². The number of carbonyl (C=O) groups is 2. The number of benzene rings is 2. The minimum atomic E-state index is -0.0641. The predicted molar refractivity (Wildman–Crippen MR) is 92.3 cm³/mol. The van der Waals surface area contributed by atoms with E-state index in [9.17, 15) is 9.59 Å². The molecule has 1 aliphatic carbocycles. The molecule has 0 bridgehead atoms. The maximum Gasteiger partial charge on any atom is 0.194 e. The summed E-state index contributed by atoms with van der Waals surface area (Å²) in [5, 5.41) is 0. The number of fused-ring (bicyclic) bond motifs is 2. The van der Waals surface area contributed by atoms with Crippen molar-refractivity contribution < 1.29 is 9.59 Å². The molecule has 0 unspecified atom stereocenters. The quantitative estimate of drug-likeness (QED) is 0.600. The number of hydrogen-bond donors (Lipinski definition) is 2. The Morgan fingerprint density at radius 2 is 0.682 bits per heavy atom. The van der Waals surface area contributed by atoms with Crippen LogP contribution in [0.2, 0.25) is 0 Å². The summed E-state index contributed by atoms with van der Waals surface area (Å²) < 4.78 is 0. The Morgan fingerprint density at radius 3 is 0.864 bits per heavy atom. The Labute approximate surface area is 131 Å². The van der Waals surface area contributed by atoms with E-state index >= 15 is 0 Å². The highest BCUT2D eigenvalue weighted by atomic mass is 16.1. The first-order valence-corrected chi connectivity index (χ1v) is 6.06. The van der Waals surface area contributed by atoms with Gasteiger partial charge in [0.15, 0.2) is 11.6 Å². The largest absolute Gasteiger partial charge is 0.344 e. The van der Waals surface area contributed by atoms with Crippen LogP contribution in [0.5, 0.6) is 0 Å². The lowest BCUT2D eigenvalue weighted by Crippen LogP contribution is -2.20. The Hall–Kier alpha value is -2.82. The average Bonchev–Trinajstić information content (AvgIpc) is 2.56. The van der Waals surface area contributed by atoms with E-state index in [-0.39, 0.29) is 23.9 Å². The van der Waals surface area contributed by atoms with Crippen LogP contribution in [0.4, 0.5) is 0 Å². The van der Waals surface area contributed by atoms with Crippen LogP contribution in [-0.4, -0.2) is 11.6 Å². The molecular weight excluding hydrogens is 276 g/mol. The van der Waals surface area contributed by atoms with Crippen molar-refractivity contribution in [3.8, 4) is 0 Å². The zero-order chi connectivity index (χ0) is 15.1. The second-order valence-corrected chi connectivity index (χ2v) is 3.75. The van der Waals surface area contributed by atoms with Crippen LogP contribution in [0.25, 0.3) is 0 Å². The van der Waals surface area contributed by atoms with Gasteiger partial charge in [-0.05, 0) is 0 Å². The van der Waals surface area contributed by atoms with Crippen molar-refractivity contribution in [3.63, 3.8) is 0 Å². The molecule has 2 aromatic carbocycles. The van der Waals surface area contributed by atoms with Gasteiger partial charge in [0.05, 0.1) is 0 Å². The van der Waals surface area contributed by atoms with Crippen LogP contribution < -0.4 is 12.3 Å². The van der Waals surface area contributed by atoms with Gasteiger partial charge in [-0.3, -0.25) is 9.59 Å². The van der Waals surface area contributed by atoms with Crippen LogP contribution in [0.3, 0.4) is 0 Å². The molecule has 22 heavy (non-hydrogen) atoms. The van der Waals surface area contributed by atoms with E-state index in [1.165, 1.54) is 0 Å². The highest BCUT2D eigenvalue weighted by Gasteiger charge is 2.28. The summed E-state index contributed by atoms with van der Waals surface area (Å²) in [6.45, 7) is 12.0. The summed E-state index contributed by atoms with van der Waals surface area (Å²) in [6, 6.07) is 13.9. The van der Waals surface area contributed by atoms with Crippen molar-refractivity contribution in [2.75, 3.05) is 0 Å². The summed E-state index contributed by atoms with van der Waals surface area (Å²) >= 11 is 0. The molecule has 0 aromatic heterocycles. The fourth-order valence-electron chi connectivity index (χ4n) is 2.05. The molecule has 0 atom stereocenters. The number of carbonyl (C=O) groups excluding carboxylic acids is 2. The lowest BCUT2D eigenvalue weighted by molar-refractivity contribution is 0.0979. The van der Waals surface area contributed by atoms with E-state index in [1.807, 2.05) is 0 Å². The molecule has 6 N–H and O–H groups in total. The Morgan fingerprint density at radius 1 is 0.500 bits per heavy atom. The van der Waals surface area contributed by atoms with Gasteiger partial charge in [-0.25, -0.2) is 0 Å². The molecule has 0 radical (unpaired) electrons. The third kappa shape index (κ3) is 3.63. The fraction of sp³-hybridized carbons (Fsp3) is 0. The molecule has 0 saturated carbocycles. The predicted octanol–water partition coefficient (Wildman–Crippen LogP) is 4.39. The van der Waals surface area contributed by atoms with Crippen molar-refractivity contribution in [1.29, 1.82) is 0 Å². The van der Waals surface area contributed by atoms with Gasteiger partial charge in [-0.15, -0.1) is 26.3 Å². The van der Waals surface area contributed by atoms with Gasteiger partial charge in [0.1, 0.15) is 0 Å². The van der Waals surface area contributed by atoms with Crippen molar-refractivity contribution in [1.82, 2.24) is 12.3 Å². The van der Waals surface area contributed by atoms with Gasteiger partial charge in [-0.2, -0.15) is 0 Å². The summed E-state index contributed by atoms with van der Waals surface area (Å²) in [7, 11) is 0. The van der Waals surface area contributed by atoms with Crippen LogP contribution in [-0.2, 0) is 0 Å². The van der Waals surface area contributed by atoms with Crippen molar-refractivity contribution in [3.05, 3.63) is 97.1 Å². The summed E-state index contributed by atoms with van der Waals surface area (Å²) in [6.07, 6.45) is 0. The topological polar surface area (TPSA) is 104 Å². The number of hydrogen-bond acceptors (Lipinski definition) is 4. The lowest BCUT2D eigenvalue weighted by Gasteiger charge is -2.16. The molecule has 0 saturated heterocycles. The zero-order valence-corrected chi connectivity index (χ0v) is 12.7. The van der Waals surface area contributed by atoms with E-state index in [0.717, 1.165) is 0 Å². The van der Waals surface area contributed by atoms with E-state index in [4.69, 9.17) is 0 Å².